The number of aromatic nitrogens is 2. The smallest absolute Gasteiger partial charge is 0.257 e. The first kappa shape index (κ1) is 13.3. The maximum atomic E-state index is 11.8. The molecular weight excluding hydrogens is 318 g/mol. The number of hydrogen-bond acceptors (Lipinski definition) is 3. The van der Waals surface area contributed by atoms with Crippen LogP contribution in [0.5, 0.6) is 0 Å². The number of benzene rings is 1. The van der Waals surface area contributed by atoms with Crippen molar-refractivity contribution in [3.8, 4) is 0 Å². The molecule has 0 radical (unpaired) electrons. The van der Waals surface area contributed by atoms with Crippen LogP contribution in [0.2, 0.25) is 0 Å². The normalized spacial score (nSPS) is 13.4. The number of hydrogen-bond donors (Lipinski definition) is 2. The summed E-state index contributed by atoms with van der Waals surface area (Å²) < 4.78 is 26.2. The van der Waals surface area contributed by atoms with Crippen LogP contribution in [0.15, 0.2) is 47.6 Å². The largest absolute Gasteiger partial charge is 0.266 e. The summed E-state index contributed by atoms with van der Waals surface area (Å²) in [5, 5.41) is 6.11. The topological polar surface area (TPSA) is 74.8 Å². The van der Waals surface area contributed by atoms with Gasteiger partial charge < -0.3 is 0 Å². The SMILES string of the molecule is O=S(=O)(NCC(Br)c1ccccc1)c1ccn[nH]1. The van der Waals surface area contributed by atoms with Gasteiger partial charge in [-0.1, -0.05) is 46.3 Å². The first-order chi connectivity index (χ1) is 8.59. The van der Waals surface area contributed by atoms with Gasteiger partial charge in [0.25, 0.3) is 10.0 Å². The number of halogens is 1. The molecule has 1 unspecified atom stereocenters. The number of H-pyrrole nitrogens is 1. The molecule has 2 aromatic rings. The number of alkyl halides is 1. The van der Waals surface area contributed by atoms with Gasteiger partial charge in [-0.25, -0.2) is 13.1 Å². The van der Waals surface area contributed by atoms with Crippen LogP contribution >= 0.6 is 15.9 Å². The minimum atomic E-state index is -3.52. The summed E-state index contributed by atoms with van der Waals surface area (Å²) in [7, 11) is -3.52. The van der Waals surface area contributed by atoms with Crippen molar-refractivity contribution < 1.29 is 8.42 Å². The highest BCUT2D eigenvalue weighted by Crippen LogP contribution is 2.21. The Morgan fingerprint density at radius 1 is 1.28 bits per heavy atom. The summed E-state index contributed by atoms with van der Waals surface area (Å²) >= 11 is 3.45. The predicted octanol–water partition coefficient (Wildman–Crippen LogP) is 1.82. The monoisotopic (exact) mass is 329 g/mol. The lowest BCUT2D eigenvalue weighted by Gasteiger charge is -2.11. The van der Waals surface area contributed by atoms with Crippen LogP contribution in [0.4, 0.5) is 0 Å². The maximum absolute atomic E-state index is 11.8. The molecule has 1 aromatic heterocycles. The van der Waals surface area contributed by atoms with Crippen LogP contribution in [0.3, 0.4) is 0 Å². The average Bonchev–Trinajstić information content (AvgIpc) is 2.92. The minimum Gasteiger partial charge on any atom is -0.266 e. The summed E-state index contributed by atoms with van der Waals surface area (Å²) in [6.45, 7) is 0.269. The second kappa shape index (κ2) is 5.64. The van der Waals surface area contributed by atoms with Gasteiger partial charge in [-0.2, -0.15) is 5.10 Å². The molecule has 1 heterocycles. The van der Waals surface area contributed by atoms with Crippen LogP contribution in [-0.2, 0) is 10.0 Å². The number of nitrogens with zero attached hydrogens (tertiary/aromatic N) is 1. The molecule has 0 aliphatic rings. The molecule has 0 saturated heterocycles. The summed E-state index contributed by atoms with van der Waals surface area (Å²) in [5.41, 5.74) is 1.02. The van der Waals surface area contributed by atoms with Gasteiger partial charge in [0.05, 0.1) is 11.0 Å². The molecule has 0 bridgehead atoms. The van der Waals surface area contributed by atoms with E-state index in [-0.39, 0.29) is 16.4 Å². The van der Waals surface area contributed by atoms with Crippen molar-refractivity contribution in [3.05, 3.63) is 48.2 Å². The third-order valence-corrected chi connectivity index (χ3v) is 4.58. The summed E-state index contributed by atoms with van der Waals surface area (Å²) in [6, 6.07) is 11.0. The van der Waals surface area contributed by atoms with E-state index in [4.69, 9.17) is 0 Å². The van der Waals surface area contributed by atoms with Crippen molar-refractivity contribution >= 4 is 26.0 Å². The van der Waals surface area contributed by atoms with E-state index in [1.54, 1.807) is 0 Å². The molecule has 7 heteroatoms. The van der Waals surface area contributed by atoms with E-state index in [1.165, 1.54) is 12.3 Å². The highest BCUT2D eigenvalue weighted by atomic mass is 79.9. The van der Waals surface area contributed by atoms with E-state index in [0.717, 1.165) is 5.56 Å². The van der Waals surface area contributed by atoms with E-state index in [1.807, 2.05) is 30.3 Å². The molecule has 96 valence electrons. The van der Waals surface area contributed by atoms with Gasteiger partial charge in [0.1, 0.15) is 0 Å². The van der Waals surface area contributed by atoms with Crippen LogP contribution in [0, 0.1) is 0 Å². The fourth-order valence-electron chi connectivity index (χ4n) is 1.43. The van der Waals surface area contributed by atoms with E-state index in [9.17, 15) is 8.42 Å². The Kier molecular flexibility index (Phi) is 4.15. The lowest BCUT2D eigenvalue weighted by molar-refractivity contribution is 0.577. The molecule has 2 N–H and O–H groups in total. The highest BCUT2D eigenvalue weighted by molar-refractivity contribution is 9.09. The highest BCUT2D eigenvalue weighted by Gasteiger charge is 2.17. The third kappa shape index (κ3) is 3.18. The van der Waals surface area contributed by atoms with E-state index in [2.05, 4.69) is 30.8 Å². The fraction of sp³-hybridized carbons (Fsp3) is 0.182. The molecule has 5 nitrogen and oxygen atoms in total. The molecule has 0 spiro atoms. The van der Waals surface area contributed by atoms with E-state index < -0.39 is 10.0 Å². The van der Waals surface area contributed by atoms with Crippen LogP contribution in [-0.4, -0.2) is 25.2 Å². The van der Waals surface area contributed by atoms with Crippen molar-refractivity contribution in [2.45, 2.75) is 9.85 Å². The van der Waals surface area contributed by atoms with Crippen LogP contribution < -0.4 is 4.72 Å². The Labute approximate surface area is 114 Å². The molecule has 1 aromatic carbocycles. The molecular formula is C11H12BrN3O2S. The van der Waals surface area contributed by atoms with Gasteiger partial charge in [-0.3, -0.25) is 5.10 Å². The standard InChI is InChI=1S/C11H12BrN3O2S/c12-10(9-4-2-1-3-5-9)8-14-18(16,17)11-6-7-13-15-11/h1-7,10,14H,8H2,(H,13,15). The van der Waals surface area contributed by atoms with E-state index >= 15 is 0 Å². The first-order valence-corrected chi connectivity index (χ1v) is 7.67. The molecule has 0 amide bonds. The Morgan fingerprint density at radius 3 is 2.61 bits per heavy atom. The number of rotatable bonds is 5. The predicted molar refractivity (Wildman–Crippen MR) is 71.9 cm³/mol. The lowest BCUT2D eigenvalue weighted by atomic mass is 10.2. The Morgan fingerprint density at radius 2 is 2.00 bits per heavy atom. The van der Waals surface area contributed by atoms with Crippen LogP contribution in [0.25, 0.3) is 0 Å². The summed E-state index contributed by atoms with van der Waals surface area (Å²) in [5.74, 6) is 0. The Bertz CT molecular complexity index is 584. The summed E-state index contributed by atoms with van der Waals surface area (Å²) in [4.78, 5) is -0.0728. The molecule has 18 heavy (non-hydrogen) atoms. The Balaban J connectivity index is 2.00. The summed E-state index contributed by atoms with van der Waals surface area (Å²) in [6.07, 6.45) is 1.40. The molecule has 1 atom stereocenters. The second-order valence-corrected chi connectivity index (χ2v) is 6.49. The van der Waals surface area contributed by atoms with Gasteiger partial charge in [-0.05, 0) is 11.6 Å². The van der Waals surface area contributed by atoms with Gasteiger partial charge in [-0.15, -0.1) is 0 Å². The van der Waals surface area contributed by atoms with Gasteiger partial charge in [0, 0.05) is 6.54 Å². The van der Waals surface area contributed by atoms with Gasteiger partial charge in [0.2, 0.25) is 0 Å². The molecule has 2 rings (SSSR count). The zero-order chi connectivity index (χ0) is 13.0. The zero-order valence-electron chi connectivity index (χ0n) is 9.38. The van der Waals surface area contributed by atoms with Crippen molar-refractivity contribution in [1.29, 1.82) is 0 Å². The maximum Gasteiger partial charge on any atom is 0.257 e. The van der Waals surface area contributed by atoms with Crippen LogP contribution in [0.1, 0.15) is 10.4 Å². The second-order valence-electron chi connectivity index (χ2n) is 3.65. The molecule has 0 fully saturated rings. The van der Waals surface area contributed by atoms with Crippen molar-refractivity contribution in [1.82, 2.24) is 14.9 Å². The Hall–Kier alpha value is -1.18. The number of aromatic amines is 1. The average molecular weight is 330 g/mol. The number of nitrogens with one attached hydrogen (secondary N) is 2. The van der Waals surface area contributed by atoms with Gasteiger partial charge >= 0.3 is 0 Å². The molecule has 0 aliphatic heterocycles. The lowest BCUT2D eigenvalue weighted by Crippen LogP contribution is -2.27. The number of sulfonamides is 1. The van der Waals surface area contributed by atoms with Gasteiger partial charge in [0.15, 0.2) is 5.03 Å². The zero-order valence-corrected chi connectivity index (χ0v) is 11.8. The van der Waals surface area contributed by atoms with Crippen molar-refractivity contribution in [3.63, 3.8) is 0 Å². The third-order valence-electron chi connectivity index (χ3n) is 2.38. The molecule has 0 aliphatic carbocycles. The first-order valence-electron chi connectivity index (χ1n) is 5.27. The van der Waals surface area contributed by atoms with E-state index in [0.29, 0.717) is 0 Å². The molecule has 0 saturated carbocycles. The van der Waals surface area contributed by atoms with Crippen molar-refractivity contribution in [2.75, 3.05) is 6.54 Å². The minimum absolute atomic E-state index is 0.0651. The fourth-order valence-corrected chi connectivity index (χ4v) is 3.07. The quantitative estimate of drug-likeness (QED) is 0.821. The van der Waals surface area contributed by atoms with Crippen molar-refractivity contribution in [2.24, 2.45) is 0 Å².